The van der Waals surface area contributed by atoms with Crippen LogP contribution >= 0.6 is 0 Å². The van der Waals surface area contributed by atoms with Crippen LogP contribution in [-0.4, -0.2) is 16.2 Å². The summed E-state index contributed by atoms with van der Waals surface area (Å²) in [4.78, 5) is 9.76. The van der Waals surface area contributed by atoms with E-state index in [-0.39, 0.29) is 16.2 Å². The van der Waals surface area contributed by atoms with Crippen molar-refractivity contribution in [1.29, 1.82) is 0 Å². The Morgan fingerprint density at radius 3 is 1.92 bits per heavy atom. The molecule has 0 saturated carbocycles. The summed E-state index contributed by atoms with van der Waals surface area (Å²) in [6, 6.07) is 56.4. The molecule has 60 heavy (non-hydrogen) atoms. The van der Waals surface area contributed by atoms with Gasteiger partial charge in [-0.1, -0.05) is 140 Å². The van der Waals surface area contributed by atoms with Gasteiger partial charge < -0.3 is 14.5 Å². The van der Waals surface area contributed by atoms with Crippen molar-refractivity contribution in [1.82, 2.24) is 9.55 Å². The quantitative estimate of drug-likeness (QED) is 0.154. The summed E-state index contributed by atoms with van der Waals surface area (Å²) in [7, 11) is 0. The van der Waals surface area contributed by atoms with Gasteiger partial charge in [-0.15, -0.1) is 0 Å². The van der Waals surface area contributed by atoms with E-state index in [1.54, 1.807) is 0 Å². The summed E-state index contributed by atoms with van der Waals surface area (Å²) in [6.45, 7) is 18.9. The van der Waals surface area contributed by atoms with Gasteiger partial charge in [0.2, 0.25) is 0 Å². The van der Waals surface area contributed by atoms with E-state index in [0.717, 1.165) is 39.4 Å². The fraction of sp³-hybridized carbons (Fsp3) is 0.218. The highest BCUT2D eigenvalue weighted by Gasteiger charge is 2.36. The number of rotatable bonds is 8. The number of nitrogens with zero attached hydrogens (tertiary/aromatic N) is 4. The van der Waals surface area contributed by atoms with Crippen molar-refractivity contribution < 1.29 is 4.74 Å². The predicted molar refractivity (Wildman–Crippen MR) is 252 cm³/mol. The molecular formula is C55H54N4O. The van der Waals surface area contributed by atoms with Gasteiger partial charge in [-0.3, -0.25) is 4.57 Å². The third-order valence-corrected chi connectivity index (χ3v) is 12.1. The first-order chi connectivity index (χ1) is 28.7. The second-order valence-corrected chi connectivity index (χ2v) is 18.7. The topological polar surface area (TPSA) is 33.5 Å². The molecule has 2 aromatic heterocycles. The molecule has 0 radical (unpaired) electrons. The Balaban J connectivity index is 1.11. The molecule has 6 aromatic carbocycles. The van der Waals surface area contributed by atoms with Crippen LogP contribution in [0.3, 0.4) is 0 Å². The van der Waals surface area contributed by atoms with E-state index in [4.69, 9.17) is 9.72 Å². The van der Waals surface area contributed by atoms with Crippen LogP contribution in [0.5, 0.6) is 11.5 Å². The molecule has 1 aliphatic heterocycles. The summed E-state index contributed by atoms with van der Waals surface area (Å²) in [5, 5.41) is 2.33. The molecule has 5 nitrogen and oxygen atoms in total. The second-order valence-electron chi connectivity index (χ2n) is 18.7. The predicted octanol–water partition coefficient (Wildman–Crippen LogP) is 14.3. The van der Waals surface area contributed by atoms with Crippen molar-refractivity contribution >= 4 is 33.2 Å². The fourth-order valence-electron chi connectivity index (χ4n) is 8.50. The minimum atomic E-state index is -0.272. The summed E-state index contributed by atoms with van der Waals surface area (Å²) in [5.74, 6) is 2.43. The zero-order chi connectivity index (χ0) is 41.8. The molecule has 8 aromatic rings. The Hall–Kier alpha value is -6.59. The van der Waals surface area contributed by atoms with Gasteiger partial charge in [-0.2, -0.15) is 0 Å². The van der Waals surface area contributed by atoms with E-state index in [1.165, 1.54) is 44.6 Å². The third kappa shape index (κ3) is 7.34. The molecule has 300 valence electrons. The molecule has 0 bridgehead atoms. The Morgan fingerprint density at radius 1 is 0.500 bits per heavy atom. The number of allylic oxidation sites excluding steroid dienone is 1. The molecule has 0 N–H and O–H groups in total. The van der Waals surface area contributed by atoms with E-state index in [2.05, 4.69) is 234 Å². The zero-order valence-corrected chi connectivity index (χ0v) is 36.1. The lowest BCUT2D eigenvalue weighted by atomic mass is 9.81. The van der Waals surface area contributed by atoms with Crippen molar-refractivity contribution in [3.8, 4) is 28.4 Å². The lowest BCUT2D eigenvalue weighted by Crippen LogP contribution is -2.33. The van der Waals surface area contributed by atoms with Crippen LogP contribution in [0.2, 0.25) is 0 Å². The first-order valence-electron chi connectivity index (χ1n) is 21.1. The highest BCUT2D eigenvalue weighted by atomic mass is 16.5. The maximum Gasteiger partial charge on any atom is 0.137 e. The maximum absolute atomic E-state index is 6.82. The first-order valence-corrected chi connectivity index (χ1v) is 21.1. The van der Waals surface area contributed by atoms with Gasteiger partial charge in [0.25, 0.3) is 0 Å². The van der Waals surface area contributed by atoms with E-state index < -0.39 is 0 Å². The minimum absolute atomic E-state index is 0.0234. The third-order valence-electron chi connectivity index (χ3n) is 12.1. The number of anilines is 2. The number of fused-ring (bicyclic) bond motifs is 3. The van der Waals surface area contributed by atoms with Crippen LogP contribution in [0.4, 0.5) is 11.4 Å². The Kier molecular flexibility index (Phi) is 9.66. The number of ether oxygens (including phenoxy) is 1. The van der Waals surface area contributed by atoms with Crippen LogP contribution in [0, 0.1) is 0 Å². The summed E-state index contributed by atoms with van der Waals surface area (Å²) >= 11 is 0. The van der Waals surface area contributed by atoms with Gasteiger partial charge in [-0.25, -0.2) is 4.98 Å². The molecule has 0 fully saturated rings. The van der Waals surface area contributed by atoms with Gasteiger partial charge in [0.1, 0.15) is 17.3 Å². The Labute approximate surface area is 355 Å². The van der Waals surface area contributed by atoms with Crippen LogP contribution in [0.1, 0.15) is 72.1 Å². The average molecular weight is 787 g/mol. The van der Waals surface area contributed by atoms with Crippen molar-refractivity contribution in [2.24, 2.45) is 0 Å². The molecule has 0 atom stereocenters. The molecule has 0 saturated heterocycles. The lowest BCUT2D eigenvalue weighted by Gasteiger charge is -2.34. The van der Waals surface area contributed by atoms with E-state index in [0.29, 0.717) is 6.67 Å². The lowest BCUT2D eigenvalue weighted by molar-refractivity contribution is 0.483. The number of benzene rings is 6. The number of hydrogen-bond acceptors (Lipinski definition) is 4. The first kappa shape index (κ1) is 38.9. The highest BCUT2D eigenvalue weighted by Crippen LogP contribution is 2.43. The SMILES string of the molecule is CC(C)(C)c1cccc(N2C=C(C(C)(C)c3ccccc3)N(c3cccc(Oc4ccc5c6cc(-c7ccccc7)ccc6n(-c6cc(C(C)(C)C)ccn6)c5c4)c3)C2)c1. The van der Waals surface area contributed by atoms with Gasteiger partial charge in [-0.05, 0) is 99.3 Å². The normalized spacial score (nSPS) is 13.6. The zero-order valence-electron chi connectivity index (χ0n) is 36.1. The minimum Gasteiger partial charge on any atom is -0.457 e. The maximum atomic E-state index is 6.82. The Bertz CT molecular complexity index is 2870. The van der Waals surface area contributed by atoms with E-state index >= 15 is 0 Å². The second kappa shape index (κ2) is 14.9. The number of pyridine rings is 1. The molecule has 0 amide bonds. The molecule has 0 unspecified atom stereocenters. The standard InChI is InChI=1S/C55H54N4O/c1-53(2,3)41-21-15-22-43(32-41)57-36-51(55(7,8)40-19-13-10-14-20-40)58(37-57)44-23-16-24-45(34-44)60-46-26-27-47-48-31-39(38-17-11-9-12-18-38)25-28-49(48)59(50(47)35-46)52-33-42(29-30-56-52)54(4,5)6/h9-36H,37H2,1-8H3. The van der Waals surface area contributed by atoms with Crippen LogP contribution in [-0.2, 0) is 16.2 Å². The van der Waals surface area contributed by atoms with E-state index in [1.807, 2.05) is 6.20 Å². The van der Waals surface area contributed by atoms with Gasteiger partial charge in [0, 0.05) is 57.8 Å². The Morgan fingerprint density at radius 2 is 1.17 bits per heavy atom. The van der Waals surface area contributed by atoms with Crippen molar-refractivity contribution in [2.75, 3.05) is 16.5 Å². The summed E-state index contributed by atoms with van der Waals surface area (Å²) < 4.78 is 9.11. The average Bonchev–Trinajstić information content (AvgIpc) is 3.85. The van der Waals surface area contributed by atoms with Crippen LogP contribution in [0.15, 0.2) is 176 Å². The van der Waals surface area contributed by atoms with E-state index in [9.17, 15) is 0 Å². The summed E-state index contributed by atoms with van der Waals surface area (Å²) in [5.41, 5.74) is 11.6. The van der Waals surface area contributed by atoms with Crippen LogP contribution in [0.25, 0.3) is 38.8 Å². The van der Waals surface area contributed by atoms with Crippen molar-refractivity contribution in [3.05, 3.63) is 193 Å². The van der Waals surface area contributed by atoms with Crippen molar-refractivity contribution in [2.45, 2.75) is 71.6 Å². The number of aromatic nitrogens is 2. The highest BCUT2D eigenvalue weighted by molar-refractivity contribution is 6.10. The molecule has 1 aliphatic rings. The largest absolute Gasteiger partial charge is 0.457 e. The van der Waals surface area contributed by atoms with Crippen LogP contribution < -0.4 is 14.5 Å². The molecule has 3 heterocycles. The molecule has 0 aliphatic carbocycles. The molecule has 0 spiro atoms. The van der Waals surface area contributed by atoms with Gasteiger partial charge >= 0.3 is 0 Å². The monoisotopic (exact) mass is 786 g/mol. The van der Waals surface area contributed by atoms with Gasteiger partial charge in [0.05, 0.1) is 17.7 Å². The molecule has 5 heteroatoms. The molecule has 9 rings (SSSR count). The van der Waals surface area contributed by atoms with Crippen molar-refractivity contribution in [3.63, 3.8) is 0 Å². The smallest absolute Gasteiger partial charge is 0.137 e. The summed E-state index contributed by atoms with van der Waals surface area (Å²) in [6.07, 6.45) is 4.27. The number of hydrogen-bond donors (Lipinski definition) is 0. The fourth-order valence-corrected chi connectivity index (χ4v) is 8.50. The van der Waals surface area contributed by atoms with Gasteiger partial charge in [0.15, 0.2) is 0 Å². The molecular weight excluding hydrogens is 733 g/mol.